The lowest BCUT2D eigenvalue weighted by atomic mass is 10.0. The number of carbonyl (C=O) groups excluding carboxylic acids is 2. The van der Waals surface area contributed by atoms with E-state index >= 15 is 0 Å². The molecule has 0 amide bonds. The Labute approximate surface area is 65.9 Å². The van der Waals surface area contributed by atoms with E-state index in [-0.39, 0.29) is 31.1 Å². The fourth-order valence-corrected chi connectivity index (χ4v) is 0.690. The van der Waals surface area contributed by atoms with Crippen LogP contribution in [0.1, 0.15) is 13.3 Å². The summed E-state index contributed by atoms with van der Waals surface area (Å²) in [5.74, 6) is -1.04. The van der Waals surface area contributed by atoms with Crippen LogP contribution in [0.25, 0.3) is 0 Å². The zero-order valence-electron chi connectivity index (χ0n) is 6.52. The van der Waals surface area contributed by atoms with Gasteiger partial charge in [-0.15, -0.1) is 0 Å². The third-order valence-corrected chi connectivity index (χ3v) is 1.37. The molecule has 0 spiro atoms. The second-order valence-corrected chi connectivity index (χ2v) is 2.45. The van der Waals surface area contributed by atoms with E-state index in [4.69, 9.17) is 11.5 Å². The second kappa shape index (κ2) is 4.98. The standard InChI is InChI=1S/C7H12N2O2/c1-5(10)2-7(11)6(3-8)4-9/h6,8-9H,2-4H2,1H3. The molecule has 11 heavy (non-hydrogen) atoms. The van der Waals surface area contributed by atoms with Gasteiger partial charge in [-0.25, -0.2) is 0 Å². The van der Waals surface area contributed by atoms with Gasteiger partial charge in [0.05, 0.1) is 6.42 Å². The lowest BCUT2D eigenvalue weighted by molar-refractivity contribution is -0.128. The first-order chi connectivity index (χ1) is 5.11. The summed E-state index contributed by atoms with van der Waals surface area (Å²) in [6, 6.07) is 0. The van der Waals surface area contributed by atoms with Crippen molar-refractivity contribution >= 4 is 11.6 Å². The Kier molecular flexibility index (Phi) is 4.65. The van der Waals surface area contributed by atoms with Crippen molar-refractivity contribution in [3.63, 3.8) is 0 Å². The highest BCUT2D eigenvalue weighted by molar-refractivity contribution is 5.99. The minimum atomic E-state index is -0.570. The van der Waals surface area contributed by atoms with E-state index in [1.165, 1.54) is 6.92 Å². The van der Waals surface area contributed by atoms with E-state index in [1.807, 2.05) is 0 Å². The topological polar surface area (TPSA) is 81.7 Å². The number of hydrogen-bond acceptors (Lipinski definition) is 2. The summed E-state index contributed by atoms with van der Waals surface area (Å²) in [4.78, 5) is 21.4. The van der Waals surface area contributed by atoms with Gasteiger partial charge in [0.1, 0.15) is 11.6 Å². The first kappa shape index (κ1) is 10.3. The molecule has 0 aliphatic carbocycles. The van der Waals surface area contributed by atoms with Crippen LogP contribution in [0.4, 0.5) is 0 Å². The van der Waals surface area contributed by atoms with Gasteiger partial charge >= 0.3 is 0 Å². The van der Waals surface area contributed by atoms with E-state index in [9.17, 15) is 9.59 Å². The van der Waals surface area contributed by atoms with Gasteiger partial charge in [0.25, 0.3) is 0 Å². The van der Waals surface area contributed by atoms with Crippen LogP contribution in [-0.2, 0) is 9.59 Å². The Hall–Kier alpha value is -0.740. The molecule has 4 heteroatoms. The largest absolute Gasteiger partial charge is 0.300 e. The van der Waals surface area contributed by atoms with Crippen molar-refractivity contribution in [2.45, 2.75) is 13.3 Å². The molecule has 0 bridgehead atoms. The van der Waals surface area contributed by atoms with Gasteiger partial charge in [-0.05, 0) is 6.92 Å². The first-order valence-electron chi connectivity index (χ1n) is 3.43. The van der Waals surface area contributed by atoms with Crippen molar-refractivity contribution < 1.29 is 9.59 Å². The zero-order valence-corrected chi connectivity index (χ0v) is 6.52. The SMILES string of the molecule is CC(=O)CC(=O)C(C[NH])C[NH]. The molecular formula is C7H12N2O2. The van der Waals surface area contributed by atoms with E-state index in [2.05, 4.69) is 0 Å². The first-order valence-corrected chi connectivity index (χ1v) is 3.43. The summed E-state index contributed by atoms with van der Waals surface area (Å²) in [6.45, 7) is 1.16. The quantitative estimate of drug-likeness (QED) is 0.513. The Bertz CT molecular complexity index is 153. The number of Topliss-reactive ketones (excluding diaryl/α,β-unsaturated/α-hetero) is 2. The van der Waals surface area contributed by atoms with Gasteiger partial charge in [-0.2, -0.15) is 0 Å². The molecule has 0 saturated carbocycles. The maximum Gasteiger partial charge on any atom is 0.145 e. The van der Waals surface area contributed by atoms with Crippen molar-refractivity contribution in [1.82, 2.24) is 11.5 Å². The monoisotopic (exact) mass is 156 g/mol. The molecular weight excluding hydrogens is 144 g/mol. The van der Waals surface area contributed by atoms with Crippen LogP contribution in [-0.4, -0.2) is 24.7 Å². The number of nitrogens with one attached hydrogen (secondary N) is 2. The molecule has 4 nitrogen and oxygen atoms in total. The van der Waals surface area contributed by atoms with Gasteiger partial charge in [0, 0.05) is 19.0 Å². The fourth-order valence-electron chi connectivity index (χ4n) is 0.690. The normalized spacial score (nSPS) is 10.2. The van der Waals surface area contributed by atoms with Gasteiger partial charge in [-0.3, -0.25) is 21.1 Å². The average molecular weight is 156 g/mol. The van der Waals surface area contributed by atoms with E-state index < -0.39 is 5.92 Å². The molecule has 0 aromatic carbocycles. The highest BCUT2D eigenvalue weighted by Crippen LogP contribution is 1.99. The van der Waals surface area contributed by atoms with Crippen molar-refractivity contribution in [2.24, 2.45) is 5.92 Å². The summed E-state index contributed by atoms with van der Waals surface area (Å²) >= 11 is 0. The van der Waals surface area contributed by atoms with Crippen molar-refractivity contribution in [2.75, 3.05) is 13.1 Å². The lowest BCUT2D eigenvalue weighted by Gasteiger charge is -2.07. The summed E-state index contributed by atoms with van der Waals surface area (Å²) in [7, 11) is 0. The molecule has 0 aromatic heterocycles. The molecule has 2 radical (unpaired) electrons. The molecule has 0 unspecified atom stereocenters. The van der Waals surface area contributed by atoms with Gasteiger partial charge in [0.2, 0.25) is 0 Å². The highest BCUT2D eigenvalue weighted by Gasteiger charge is 2.16. The second-order valence-electron chi connectivity index (χ2n) is 2.45. The molecule has 0 rings (SSSR count). The minimum absolute atomic E-state index is 0.0877. The van der Waals surface area contributed by atoms with Crippen LogP contribution < -0.4 is 11.5 Å². The van der Waals surface area contributed by atoms with Gasteiger partial charge in [-0.1, -0.05) is 0 Å². The molecule has 2 N–H and O–H groups in total. The summed E-state index contributed by atoms with van der Waals surface area (Å²) in [5.41, 5.74) is 13.8. The van der Waals surface area contributed by atoms with E-state index in [0.29, 0.717) is 0 Å². The smallest absolute Gasteiger partial charge is 0.145 e. The van der Waals surface area contributed by atoms with Crippen molar-refractivity contribution in [3.05, 3.63) is 0 Å². The number of hydrogen-bond donors (Lipinski definition) is 0. The molecule has 62 valence electrons. The average Bonchev–Trinajstić information content (AvgIpc) is 1.88. The maximum absolute atomic E-state index is 11.0. The van der Waals surface area contributed by atoms with Gasteiger partial charge < -0.3 is 0 Å². The summed E-state index contributed by atoms with van der Waals surface area (Å²) in [5, 5.41) is 0. The Morgan fingerprint density at radius 1 is 1.27 bits per heavy atom. The number of ketones is 2. The van der Waals surface area contributed by atoms with Crippen molar-refractivity contribution in [3.8, 4) is 0 Å². The van der Waals surface area contributed by atoms with Crippen LogP contribution in [0.5, 0.6) is 0 Å². The molecule has 0 aromatic rings. The molecule has 0 fully saturated rings. The van der Waals surface area contributed by atoms with Crippen LogP contribution >= 0.6 is 0 Å². The fraction of sp³-hybridized carbons (Fsp3) is 0.714. The lowest BCUT2D eigenvalue weighted by Crippen LogP contribution is -2.25. The van der Waals surface area contributed by atoms with Crippen LogP contribution in [0.2, 0.25) is 0 Å². The van der Waals surface area contributed by atoms with Crippen LogP contribution in [0, 0.1) is 5.92 Å². The minimum Gasteiger partial charge on any atom is -0.300 e. The summed E-state index contributed by atoms with van der Waals surface area (Å²) in [6.07, 6.45) is -0.123. The third kappa shape index (κ3) is 3.85. The molecule has 0 aliphatic rings. The Morgan fingerprint density at radius 3 is 2.00 bits per heavy atom. The van der Waals surface area contributed by atoms with E-state index in [0.717, 1.165) is 0 Å². The zero-order chi connectivity index (χ0) is 8.85. The molecule has 0 saturated heterocycles. The Morgan fingerprint density at radius 2 is 1.73 bits per heavy atom. The molecule has 0 heterocycles. The Balaban J connectivity index is 3.89. The number of rotatable bonds is 5. The van der Waals surface area contributed by atoms with Crippen molar-refractivity contribution in [1.29, 1.82) is 0 Å². The van der Waals surface area contributed by atoms with Crippen LogP contribution in [0.3, 0.4) is 0 Å². The number of carbonyl (C=O) groups is 2. The highest BCUT2D eigenvalue weighted by atomic mass is 16.1. The third-order valence-electron chi connectivity index (χ3n) is 1.37. The van der Waals surface area contributed by atoms with E-state index in [1.54, 1.807) is 0 Å². The maximum atomic E-state index is 11.0. The predicted octanol–water partition coefficient (Wildman–Crippen LogP) is -0.283. The molecule has 0 atom stereocenters. The van der Waals surface area contributed by atoms with Crippen LogP contribution in [0.15, 0.2) is 0 Å². The molecule has 0 aliphatic heterocycles. The van der Waals surface area contributed by atoms with Gasteiger partial charge in [0.15, 0.2) is 0 Å². The predicted molar refractivity (Wildman–Crippen MR) is 39.7 cm³/mol. The summed E-state index contributed by atoms with van der Waals surface area (Å²) < 4.78 is 0.